The SMILES string of the molecule is COc1cc(CNCCNc2ccc([N+](=O)[O-])cc2Cl)ccc1OCc1ccccc1Cl. The number of anilines is 1. The van der Waals surface area contributed by atoms with Gasteiger partial charge in [0, 0.05) is 42.4 Å². The van der Waals surface area contributed by atoms with Crippen LogP contribution in [-0.4, -0.2) is 25.1 Å². The Kier molecular flexibility index (Phi) is 8.56. The van der Waals surface area contributed by atoms with Crippen molar-refractivity contribution in [2.75, 3.05) is 25.5 Å². The topological polar surface area (TPSA) is 85.7 Å². The van der Waals surface area contributed by atoms with Gasteiger partial charge in [-0.3, -0.25) is 10.1 Å². The number of rotatable bonds is 11. The molecule has 168 valence electrons. The van der Waals surface area contributed by atoms with E-state index in [1.54, 1.807) is 13.2 Å². The van der Waals surface area contributed by atoms with Crippen LogP contribution in [0.15, 0.2) is 60.7 Å². The van der Waals surface area contributed by atoms with E-state index >= 15 is 0 Å². The maximum Gasteiger partial charge on any atom is 0.271 e. The summed E-state index contributed by atoms with van der Waals surface area (Å²) in [5, 5.41) is 18.2. The average molecular weight is 476 g/mol. The van der Waals surface area contributed by atoms with Crippen molar-refractivity contribution in [1.82, 2.24) is 5.32 Å². The first kappa shape index (κ1) is 23.7. The Morgan fingerprint density at radius 2 is 1.78 bits per heavy atom. The Hall–Kier alpha value is -3.00. The molecule has 0 aliphatic rings. The molecule has 3 rings (SSSR count). The van der Waals surface area contributed by atoms with Crippen LogP contribution in [0.3, 0.4) is 0 Å². The number of halogens is 2. The van der Waals surface area contributed by atoms with Gasteiger partial charge in [0.25, 0.3) is 5.69 Å². The third-order valence-corrected chi connectivity index (χ3v) is 5.36. The van der Waals surface area contributed by atoms with Crippen molar-refractivity contribution in [3.8, 4) is 11.5 Å². The summed E-state index contributed by atoms with van der Waals surface area (Å²) < 4.78 is 11.4. The molecule has 3 aromatic rings. The zero-order valence-corrected chi connectivity index (χ0v) is 18.9. The van der Waals surface area contributed by atoms with Gasteiger partial charge >= 0.3 is 0 Å². The van der Waals surface area contributed by atoms with Gasteiger partial charge in [-0.15, -0.1) is 0 Å². The molecule has 0 bridgehead atoms. The van der Waals surface area contributed by atoms with E-state index in [9.17, 15) is 10.1 Å². The standard InChI is InChI=1S/C23H23Cl2N3O4/c1-31-23-12-16(6-9-22(23)32-15-17-4-2-3-5-19(17)24)14-26-10-11-27-21-8-7-18(28(29)30)13-20(21)25/h2-9,12-13,26-27H,10-11,14-15H2,1H3. The van der Waals surface area contributed by atoms with Gasteiger partial charge in [-0.05, 0) is 29.8 Å². The highest BCUT2D eigenvalue weighted by atomic mass is 35.5. The van der Waals surface area contributed by atoms with E-state index in [1.807, 2.05) is 42.5 Å². The lowest BCUT2D eigenvalue weighted by molar-refractivity contribution is -0.384. The molecule has 0 aliphatic heterocycles. The second-order valence-electron chi connectivity index (χ2n) is 6.89. The molecule has 0 saturated heterocycles. The number of hydrogen-bond acceptors (Lipinski definition) is 6. The summed E-state index contributed by atoms with van der Waals surface area (Å²) in [5.41, 5.74) is 2.57. The normalized spacial score (nSPS) is 10.6. The number of nitrogens with zero attached hydrogens (tertiary/aromatic N) is 1. The fourth-order valence-electron chi connectivity index (χ4n) is 2.99. The molecule has 0 unspecified atom stereocenters. The third-order valence-electron chi connectivity index (χ3n) is 4.68. The minimum absolute atomic E-state index is 0.0353. The minimum atomic E-state index is -0.474. The van der Waals surface area contributed by atoms with Crippen molar-refractivity contribution in [2.45, 2.75) is 13.2 Å². The van der Waals surface area contributed by atoms with Crippen molar-refractivity contribution in [3.05, 3.63) is 92.0 Å². The number of nitrogens with one attached hydrogen (secondary N) is 2. The van der Waals surface area contributed by atoms with Crippen molar-refractivity contribution in [3.63, 3.8) is 0 Å². The number of benzene rings is 3. The van der Waals surface area contributed by atoms with Gasteiger partial charge in [-0.1, -0.05) is 47.5 Å². The van der Waals surface area contributed by atoms with Gasteiger partial charge in [0.05, 0.1) is 22.7 Å². The largest absolute Gasteiger partial charge is 0.493 e. The van der Waals surface area contributed by atoms with Crippen LogP contribution in [0.4, 0.5) is 11.4 Å². The van der Waals surface area contributed by atoms with E-state index in [4.69, 9.17) is 32.7 Å². The van der Waals surface area contributed by atoms with E-state index < -0.39 is 4.92 Å². The smallest absolute Gasteiger partial charge is 0.271 e. The summed E-state index contributed by atoms with van der Waals surface area (Å²) in [5.74, 6) is 1.29. The summed E-state index contributed by atoms with van der Waals surface area (Å²) in [6.07, 6.45) is 0. The highest BCUT2D eigenvalue weighted by Crippen LogP contribution is 2.30. The Balaban J connectivity index is 1.47. The number of ether oxygens (including phenoxy) is 2. The summed E-state index contributed by atoms with van der Waals surface area (Å²) >= 11 is 12.3. The minimum Gasteiger partial charge on any atom is -0.493 e. The van der Waals surface area contributed by atoms with E-state index in [0.29, 0.717) is 53.5 Å². The van der Waals surface area contributed by atoms with E-state index in [1.165, 1.54) is 12.1 Å². The molecule has 7 nitrogen and oxygen atoms in total. The zero-order valence-electron chi connectivity index (χ0n) is 17.4. The van der Waals surface area contributed by atoms with Crippen LogP contribution < -0.4 is 20.1 Å². The van der Waals surface area contributed by atoms with Crippen molar-refractivity contribution >= 4 is 34.6 Å². The van der Waals surface area contributed by atoms with Crippen LogP contribution in [-0.2, 0) is 13.2 Å². The number of hydrogen-bond donors (Lipinski definition) is 2. The number of non-ortho nitro benzene ring substituents is 1. The lowest BCUT2D eigenvalue weighted by Crippen LogP contribution is -2.21. The molecular weight excluding hydrogens is 453 g/mol. The van der Waals surface area contributed by atoms with Gasteiger partial charge in [-0.2, -0.15) is 0 Å². The summed E-state index contributed by atoms with van der Waals surface area (Å²) in [4.78, 5) is 10.3. The Labute approximate surface area is 196 Å². The molecule has 0 saturated carbocycles. The molecular formula is C23H23Cl2N3O4. The second kappa shape index (κ2) is 11.6. The molecule has 0 aliphatic carbocycles. The van der Waals surface area contributed by atoms with Crippen LogP contribution in [0.1, 0.15) is 11.1 Å². The number of nitro benzene ring substituents is 1. The maximum absolute atomic E-state index is 10.8. The highest BCUT2D eigenvalue weighted by molar-refractivity contribution is 6.33. The molecule has 32 heavy (non-hydrogen) atoms. The molecule has 0 radical (unpaired) electrons. The van der Waals surface area contributed by atoms with Crippen LogP contribution in [0.5, 0.6) is 11.5 Å². The van der Waals surface area contributed by atoms with Crippen molar-refractivity contribution in [2.24, 2.45) is 0 Å². The van der Waals surface area contributed by atoms with Crippen LogP contribution >= 0.6 is 23.2 Å². The maximum atomic E-state index is 10.8. The summed E-state index contributed by atoms with van der Waals surface area (Å²) in [6, 6.07) is 17.7. The summed E-state index contributed by atoms with van der Waals surface area (Å²) in [6.45, 7) is 2.26. The Bertz CT molecular complexity index is 1080. The molecule has 0 aromatic heterocycles. The molecule has 0 amide bonds. The number of methoxy groups -OCH3 is 1. The fraction of sp³-hybridized carbons (Fsp3) is 0.217. The first-order valence-corrected chi connectivity index (χ1v) is 10.6. The highest BCUT2D eigenvalue weighted by Gasteiger charge is 2.10. The molecule has 0 atom stereocenters. The van der Waals surface area contributed by atoms with Gasteiger partial charge in [0.2, 0.25) is 0 Å². The van der Waals surface area contributed by atoms with E-state index in [0.717, 1.165) is 11.1 Å². The third kappa shape index (κ3) is 6.50. The first-order valence-electron chi connectivity index (χ1n) is 9.89. The first-order chi connectivity index (χ1) is 15.5. The van der Waals surface area contributed by atoms with Crippen LogP contribution in [0.2, 0.25) is 10.0 Å². The van der Waals surface area contributed by atoms with Crippen LogP contribution in [0, 0.1) is 10.1 Å². The van der Waals surface area contributed by atoms with Gasteiger partial charge in [0.15, 0.2) is 11.5 Å². The summed E-state index contributed by atoms with van der Waals surface area (Å²) in [7, 11) is 1.60. The predicted octanol–water partition coefficient (Wildman–Crippen LogP) is 5.69. The van der Waals surface area contributed by atoms with Gasteiger partial charge in [-0.25, -0.2) is 0 Å². The monoisotopic (exact) mass is 475 g/mol. The lowest BCUT2D eigenvalue weighted by atomic mass is 10.2. The average Bonchev–Trinajstić information content (AvgIpc) is 2.79. The fourth-order valence-corrected chi connectivity index (χ4v) is 3.42. The molecule has 0 spiro atoms. The second-order valence-corrected chi connectivity index (χ2v) is 7.70. The molecule has 9 heteroatoms. The predicted molar refractivity (Wildman–Crippen MR) is 127 cm³/mol. The van der Waals surface area contributed by atoms with Crippen LogP contribution in [0.25, 0.3) is 0 Å². The van der Waals surface area contributed by atoms with Crippen molar-refractivity contribution < 1.29 is 14.4 Å². The van der Waals surface area contributed by atoms with E-state index in [-0.39, 0.29) is 5.69 Å². The quantitative estimate of drug-likeness (QED) is 0.210. The van der Waals surface area contributed by atoms with E-state index in [2.05, 4.69) is 10.6 Å². The van der Waals surface area contributed by atoms with Crippen molar-refractivity contribution in [1.29, 1.82) is 0 Å². The number of nitro groups is 1. The zero-order chi connectivity index (χ0) is 22.9. The Morgan fingerprint density at radius 1 is 0.969 bits per heavy atom. The molecule has 3 aromatic carbocycles. The van der Waals surface area contributed by atoms with Gasteiger partial charge in [0.1, 0.15) is 6.61 Å². The van der Waals surface area contributed by atoms with Gasteiger partial charge < -0.3 is 20.1 Å². The molecule has 0 heterocycles. The molecule has 0 fully saturated rings. The molecule has 2 N–H and O–H groups in total. The Morgan fingerprint density at radius 3 is 2.50 bits per heavy atom. The lowest BCUT2D eigenvalue weighted by Gasteiger charge is -2.13.